The van der Waals surface area contributed by atoms with Crippen LogP contribution in [0.15, 0.2) is 77.7 Å². The summed E-state index contributed by atoms with van der Waals surface area (Å²) in [5.74, 6) is 1.73. The van der Waals surface area contributed by atoms with E-state index in [2.05, 4.69) is 20.9 Å². The third kappa shape index (κ3) is 7.57. The molecule has 0 fully saturated rings. The molecule has 0 saturated carbocycles. The van der Waals surface area contributed by atoms with Crippen LogP contribution >= 0.6 is 0 Å². The van der Waals surface area contributed by atoms with Crippen LogP contribution in [0.1, 0.15) is 29.9 Å². The average molecular weight is 519 g/mol. The predicted molar refractivity (Wildman–Crippen MR) is 151 cm³/mol. The lowest BCUT2D eigenvalue weighted by molar-refractivity contribution is 0.112. The van der Waals surface area contributed by atoms with E-state index in [1.165, 1.54) is 4.68 Å². The SMILES string of the molecule is CC.CNC(=O)Nc1cc(Oc2ccc(NC)cc2)ccn1.Cc1c(C=O)c(=O)n(-c2ccccc2)n1C. The highest BCUT2D eigenvalue weighted by Gasteiger charge is 2.14. The Hall–Kier alpha value is -4.86. The molecule has 0 atom stereocenters. The van der Waals surface area contributed by atoms with E-state index >= 15 is 0 Å². The van der Waals surface area contributed by atoms with E-state index in [1.54, 1.807) is 44.0 Å². The Kier molecular flexibility index (Phi) is 11.3. The smallest absolute Gasteiger partial charge is 0.320 e. The first-order chi connectivity index (χ1) is 18.4. The van der Waals surface area contributed by atoms with Gasteiger partial charge in [-0.25, -0.2) is 14.5 Å². The number of ether oxygens (including phenoxy) is 1. The van der Waals surface area contributed by atoms with Crippen molar-refractivity contribution in [1.29, 1.82) is 0 Å². The van der Waals surface area contributed by atoms with Crippen LogP contribution in [0.3, 0.4) is 0 Å². The Morgan fingerprint density at radius 3 is 2.18 bits per heavy atom. The largest absolute Gasteiger partial charge is 0.457 e. The molecule has 10 nitrogen and oxygen atoms in total. The minimum atomic E-state index is -0.326. The van der Waals surface area contributed by atoms with Gasteiger partial charge in [0, 0.05) is 44.8 Å². The zero-order valence-electron chi connectivity index (χ0n) is 22.5. The standard InChI is InChI=1S/C14H16N4O2.C12H12N2O2.C2H6/c1-15-10-3-5-11(6-4-10)20-12-7-8-17-13(9-12)18-14(19)16-2;1-9-11(8-15)12(16)14(13(9)2)10-6-4-3-5-7-10;1-2/h3-9,15H,1-2H3,(H2,16,17,18,19);3-8H,1-2H3;1-2H3. The van der Waals surface area contributed by atoms with Crippen LogP contribution in [0.25, 0.3) is 5.69 Å². The molecule has 0 spiro atoms. The number of hydrogen-bond acceptors (Lipinski definition) is 6. The van der Waals surface area contributed by atoms with Crippen molar-refractivity contribution in [2.45, 2.75) is 20.8 Å². The Balaban J connectivity index is 0.000000256. The molecule has 0 aliphatic carbocycles. The lowest BCUT2D eigenvalue weighted by atomic mass is 10.3. The summed E-state index contributed by atoms with van der Waals surface area (Å²) in [5.41, 5.74) is 2.37. The number of para-hydroxylation sites is 1. The molecular weight excluding hydrogens is 484 g/mol. The molecule has 2 amide bonds. The fourth-order valence-electron chi connectivity index (χ4n) is 3.27. The van der Waals surface area contributed by atoms with Crippen molar-refractivity contribution in [2.24, 2.45) is 7.05 Å². The molecule has 10 heteroatoms. The van der Waals surface area contributed by atoms with Crippen molar-refractivity contribution < 1.29 is 14.3 Å². The van der Waals surface area contributed by atoms with Crippen molar-refractivity contribution >= 4 is 23.8 Å². The number of benzene rings is 2. The summed E-state index contributed by atoms with van der Waals surface area (Å²) in [6.45, 7) is 5.75. The number of aromatic nitrogens is 3. The van der Waals surface area contributed by atoms with Gasteiger partial charge in [0.2, 0.25) is 0 Å². The third-order valence-corrected chi connectivity index (χ3v) is 5.30. The van der Waals surface area contributed by atoms with Gasteiger partial charge in [-0.05, 0) is 49.4 Å². The second kappa shape index (κ2) is 14.6. The minimum absolute atomic E-state index is 0.214. The number of amides is 2. The van der Waals surface area contributed by atoms with Crippen molar-refractivity contribution in [3.63, 3.8) is 0 Å². The van der Waals surface area contributed by atoms with Crippen molar-refractivity contribution in [3.8, 4) is 17.2 Å². The van der Waals surface area contributed by atoms with Crippen LogP contribution in [-0.2, 0) is 7.05 Å². The summed E-state index contributed by atoms with van der Waals surface area (Å²) in [6.07, 6.45) is 2.18. The van der Waals surface area contributed by atoms with Crippen molar-refractivity contribution in [3.05, 3.63) is 94.5 Å². The Labute approximate surface area is 222 Å². The van der Waals surface area contributed by atoms with Crippen molar-refractivity contribution in [2.75, 3.05) is 24.7 Å². The number of nitrogens with zero attached hydrogens (tertiary/aromatic N) is 3. The summed E-state index contributed by atoms with van der Waals surface area (Å²) >= 11 is 0. The molecule has 200 valence electrons. The Bertz CT molecular complexity index is 1380. The molecule has 0 radical (unpaired) electrons. The second-order valence-corrected chi connectivity index (χ2v) is 7.55. The molecule has 0 aliphatic rings. The van der Waals surface area contributed by atoms with Gasteiger partial charge < -0.3 is 15.4 Å². The first-order valence-corrected chi connectivity index (χ1v) is 12.1. The molecule has 4 aromatic rings. The number of aldehydes is 1. The zero-order chi connectivity index (χ0) is 28.1. The highest BCUT2D eigenvalue weighted by molar-refractivity contribution is 5.88. The maximum absolute atomic E-state index is 12.0. The fourth-order valence-corrected chi connectivity index (χ4v) is 3.27. The van der Waals surface area contributed by atoms with E-state index in [4.69, 9.17) is 4.74 Å². The molecule has 0 aliphatic heterocycles. The first kappa shape index (κ1) is 29.4. The Morgan fingerprint density at radius 2 is 1.63 bits per heavy atom. The van der Waals surface area contributed by atoms with Gasteiger partial charge in [-0.1, -0.05) is 32.0 Å². The summed E-state index contributed by atoms with van der Waals surface area (Å²) < 4.78 is 8.86. The number of anilines is 2. The molecule has 0 saturated heterocycles. The number of hydrogen-bond donors (Lipinski definition) is 3. The summed E-state index contributed by atoms with van der Waals surface area (Å²) in [4.78, 5) is 38.0. The van der Waals surface area contributed by atoms with Crippen LogP contribution in [-0.4, -0.2) is 40.8 Å². The lowest BCUT2D eigenvalue weighted by Gasteiger charge is -2.08. The molecule has 4 rings (SSSR count). The maximum atomic E-state index is 12.0. The van der Waals surface area contributed by atoms with E-state index < -0.39 is 0 Å². The monoisotopic (exact) mass is 518 g/mol. The average Bonchev–Trinajstić information content (AvgIpc) is 3.17. The van der Waals surface area contributed by atoms with Gasteiger partial charge in [0.1, 0.15) is 22.9 Å². The molecule has 0 unspecified atom stereocenters. The summed E-state index contributed by atoms with van der Waals surface area (Å²) in [5, 5.41) is 8.08. The fraction of sp³-hybridized carbons (Fsp3) is 0.214. The molecule has 2 aromatic carbocycles. The van der Waals surface area contributed by atoms with Gasteiger partial charge in [0.05, 0.1) is 5.69 Å². The Morgan fingerprint density at radius 1 is 0.974 bits per heavy atom. The van der Waals surface area contributed by atoms with E-state index in [1.807, 2.05) is 75.5 Å². The van der Waals surface area contributed by atoms with Crippen LogP contribution in [0.5, 0.6) is 11.5 Å². The van der Waals surface area contributed by atoms with Gasteiger partial charge in [-0.2, -0.15) is 0 Å². The van der Waals surface area contributed by atoms with E-state index in [-0.39, 0.29) is 17.2 Å². The molecular formula is C28H34N6O4. The van der Waals surface area contributed by atoms with E-state index in [0.29, 0.717) is 29.3 Å². The number of carbonyl (C=O) groups excluding carboxylic acids is 2. The number of urea groups is 1. The van der Waals surface area contributed by atoms with Gasteiger partial charge in [-0.15, -0.1) is 0 Å². The van der Waals surface area contributed by atoms with Gasteiger partial charge >= 0.3 is 6.03 Å². The summed E-state index contributed by atoms with van der Waals surface area (Å²) in [6, 6.07) is 19.8. The zero-order valence-corrected chi connectivity index (χ0v) is 22.5. The van der Waals surface area contributed by atoms with Gasteiger partial charge in [-0.3, -0.25) is 19.6 Å². The molecule has 0 bridgehead atoms. The number of pyridine rings is 1. The van der Waals surface area contributed by atoms with Crippen LogP contribution < -0.4 is 26.2 Å². The van der Waals surface area contributed by atoms with E-state index in [0.717, 1.165) is 11.4 Å². The molecule has 2 heterocycles. The van der Waals surface area contributed by atoms with Crippen LogP contribution in [0.2, 0.25) is 0 Å². The van der Waals surface area contributed by atoms with Crippen LogP contribution in [0, 0.1) is 6.92 Å². The van der Waals surface area contributed by atoms with Gasteiger partial charge in [0.25, 0.3) is 5.56 Å². The number of nitrogens with one attached hydrogen (secondary N) is 3. The normalized spacial score (nSPS) is 9.63. The van der Waals surface area contributed by atoms with Gasteiger partial charge in [0.15, 0.2) is 6.29 Å². The van der Waals surface area contributed by atoms with Crippen molar-refractivity contribution in [1.82, 2.24) is 19.7 Å². The maximum Gasteiger partial charge on any atom is 0.320 e. The predicted octanol–water partition coefficient (Wildman–Crippen LogP) is 4.99. The number of carbonyl (C=O) groups is 2. The third-order valence-electron chi connectivity index (χ3n) is 5.30. The molecule has 38 heavy (non-hydrogen) atoms. The lowest BCUT2D eigenvalue weighted by Crippen LogP contribution is -2.24. The highest BCUT2D eigenvalue weighted by Crippen LogP contribution is 2.24. The topological polar surface area (TPSA) is 119 Å². The quantitative estimate of drug-likeness (QED) is 0.310. The van der Waals surface area contributed by atoms with E-state index in [9.17, 15) is 14.4 Å². The molecule has 3 N–H and O–H groups in total. The number of rotatable bonds is 6. The summed E-state index contributed by atoms with van der Waals surface area (Å²) in [7, 11) is 5.16. The highest BCUT2D eigenvalue weighted by atomic mass is 16.5. The second-order valence-electron chi connectivity index (χ2n) is 7.55. The first-order valence-electron chi connectivity index (χ1n) is 12.1. The molecule has 2 aromatic heterocycles. The minimum Gasteiger partial charge on any atom is -0.457 e. The van der Waals surface area contributed by atoms with Crippen LogP contribution in [0.4, 0.5) is 16.3 Å².